The zero-order valence-electron chi connectivity index (χ0n) is 10.7. The Labute approximate surface area is 102 Å². The summed E-state index contributed by atoms with van der Waals surface area (Å²) in [5.41, 5.74) is 5.66. The molecule has 0 radical (unpaired) electrons. The van der Waals surface area contributed by atoms with Crippen molar-refractivity contribution in [3.8, 4) is 0 Å². The maximum atomic E-state index is 11.9. The van der Waals surface area contributed by atoms with E-state index in [2.05, 4.69) is 15.3 Å². The second-order valence-corrected chi connectivity index (χ2v) is 4.36. The third kappa shape index (κ3) is 3.78. The second kappa shape index (κ2) is 5.72. The number of carbonyl (C=O) groups is 1. The van der Waals surface area contributed by atoms with E-state index >= 15 is 0 Å². The van der Waals surface area contributed by atoms with Gasteiger partial charge in [0.25, 0.3) is 0 Å². The van der Waals surface area contributed by atoms with Crippen LogP contribution in [0.3, 0.4) is 0 Å². The molecule has 3 N–H and O–H groups in total. The molecule has 17 heavy (non-hydrogen) atoms. The van der Waals surface area contributed by atoms with Gasteiger partial charge in [0, 0.05) is 6.42 Å². The van der Waals surface area contributed by atoms with Crippen molar-refractivity contribution in [1.29, 1.82) is 0 Å². The molecule has 1 aromatic heterocycles. The van der Waals surface area contributed by atoms with E-state index in [1.54, 1.807) is 19.3 Å². The van der Waals surface area contributed by atoms with Crippen molar-refractivity contribution in [2.24, 2.45) is 5.73 Å². The van der Waals surface area contributed by atoms with Crippen LogP contribution in [0.4, 0.5) is 5.69 Å². The topological polar surface area (TPSA) is 80.9 Å². The van der Waals surface area contributed by atoms with Crippen LogP contribution in [0, 0.1) is 0 Å². The van der Waals surface area contributed by atoms with Crippen LogP contribution in [0.1, 0.15) is 39.4 Å². The van der Waals surface area contributed by atoms with Gasteiger partial charge in [0.2, 0.25) is 5.91 Å². The highest BCUT2D eigenvalue weighted by atomic mass is 16.2. The quantitative estimate of drug-likeness (QED) is 0.811. The number of rotatable bonds is 5. The Morgan fingerprint density at radius 3 is 2.47 bits per heavy atom. The highest BCUT2D eigenvalue weighted by Gasteiger charge is 2.27. The summed E-state index contributed by atoms with van der Waals surface area (Å²) in [5.74, 6) is 0.555. The zero-order valence-corrected chi connectivity index (χ0v) is 10.7. The Kier molecular flexibility index (Phi) is 4.57. The Morgan fingerprint density at radius 1 is 1.41 bits per heavy atom. The first kappa shape index (κ1) is 13.6. The van der Waals surface area contributed by atoms with Gasteiger partial charge in [-0.2, -0.15) is 0 Å². The van der Waals surface area contributed by atoms with Crippen molar-refractivity contribution in [3.63, 3.8) is 0 Å². The number of nitrogens with zero attached hydrogens (tertiary/aromatic N) is 2. The fourth-order valence-electron chi connectivity index (χ4n) is 1.51. The van der Waals surface area contributed by atoms with Crippen LogP contribution in [0.25, 0.3) is 0 Å². The largest absolute Gasteiger partial charge is 0.322 e. The lowest BCUT2D eigenvalue weighted by Crippen LogP contribution is -2.48. The molecule has 1 heterocycles. The average Bonchev–Trinajstić information content (AvgIpc) is 2.30. The van der Waals surface area contributed by atoms with E-state index in [0.717, 1.165) is 18.7 Å². The molecule has 5 heteroatoms. The number of carbonyl (C=O) groups excluding carboxylic acids is 1. The number of hydrogen-bond acceptors (Lipinski definition) is 4. The highest BCUT2D eigenvalue weighted by Crippen LogP contribution is 2.12. The molecule has 0 bridgehead atoms. The molecule has 0 saturated carbocycles. The van der Waals surface area contributed by atoms with Gasteiger partial charge in [0.15, 0.2) is 0 Å². The lowest BCUT2D eigenvalue weighted by atomic mass is 9.96. The van der Waals surface area contributed by atoms with Gasteiger partial charge in [0.1, 0.15) is 5.82 Å². The third-order valence-corrected chi connectivity index (χ3v) is 2.57. The summed E-state index contributed by atoms with van der Waals surface area (Å²) in [7, 11) is 0. The number of amides is 1. The Balaban J connectivity index is 2.67. The molecule has 1 unspecified atom stereocenters. The van der Waals surface area contributed by atoms with Crippen molar-refractivity contribution < 1.29 is 4.79 Å². The lowest BCUT2D eigenvalue weighted by Gasteiger charge is -2.22. The molecule has 0 aliphatic carbocycles. The number of nitrogens with one attached hydrogen (secondary N) is 1. The molecule has 1 aromatic rings. The molecule has 1 amide bonds. The van der Waals surface area contributed by atoms with Gasteiger partial charge in [0.05, 0.1) is 23.6 Å². The second-order valence-electron chi connectivity index (χ2n) is 4.36. The first-order chi connectivity index (χ1) is 7.99. The maximum Gasteiger partial charge on any atom is 0.244 e. The molecular weight excluding hydrogens is 216 g/mol. The predicted molar refractivity (Wildman–Crippen MR) is 67.5 cm³/mol. The molecule has 0 aliphatic heterocycles. The summed E-state index contributed by atoms with van der Waals surface area (Å²) in [6.45, 7) is 5.70. The molecule has 0 saturated heterocycles. The van der Waals surface area contributed by atoms with E-state index in [9.17, 15) is 4.79 Å². The van der Waals surface area contributed by atoms with Crippen LogP contribution in [0.15, 0.2) is 12.4 Å². The van der Waals surface area contributed by atoms with Crippen molar-refractivity contribution in [3.05, 3.63) is 18.2 Å². The first-order valence-electron chi connectivity index (χ1n) is 5.91. The van der Waals surface area contributed by atoms with Gasteiger partial charge < -0.3 is 11.1 Å². The minimum absolute atomic E-state index is 0.202. The normalized spacial score (nSPS) is 14.1. The molecule has 0 aromatic carbocycles. The van der Waals surface area contributed by atoms with E-state index in [1.165, 1.54) is 0 Å². The SMILES string of the molecule is CCCC(C)(N)C(=O)Nc1cnc(CC)nc1. The Bertz CT molecular complexity index is 373. The summed E-state index contributed by atoms with van der Waals surface area (Å²) < 4.78 is 0. The summed E-state index contributed by atoms with van der Waals surface area (Å²) >= 11 is 0. The molecule has 0 aliphatic rings. The molecule has 1 rings (SSSR count). The fourth-order valence-corrected chi connectivity index (χ4v) is 1.51. The lowest BCUT2D eigenvalue weighted by molar-refractivity contribution is -0.120. The third-order valence-electron chi connectivity index (χ3n) is 2.57. The summed E-state index contributed by atoms with van der Waals surface area (Å²) in [4.78, 5) is 20.1. The smallest absolute Gasteiger partial charge is 0.244 e. The number of aryl methyl sites for hydroxylation is 1. The minimum Gasteiger partial charge on any atom is -0.322 e. The van der Waals surface area contributed by atoms with E-state index in [1.807, 2.05) is 13.8 Å². The van der Waals surface area contributed by atoms with Gasteiger partial charge in [-0.3, -0.25) is 4.79 Å². The van der Waals surface area contributed by atoms with Gasteiger partial charge >= 0.3 is 0 Å². The number of anilines is 1. The molecule has 5 nitrogen and oxygen atoms in total. The van der Waals surface area contributed by atoms with E-state index in [4.69, 9.17) is 5.73 Å². The van der Waals surface area contributed by atoms with Crippen LogP contribution in [0.2, 0.25) is 0 Å². The van der Waals surface area contributed by atoms with Crippen LogP contribution in [-0.2, 0) is 11.2 Å². The standard InChI is InChI=1S/C12H20N4O/c1-4-6-12(3,13)11(17)16-9-7-14-10(5-2)15-8-9/h7-8H,4-6,13H2,1-3H3,(H,16,17). The average molecular weight is 236 g/mol. The van der Waals surface area contributed by atoms with E-state index in [0.29, 0.717) is 12.1 Å². The molecule has 0 spiro atoms. The monoisotopic (exact) mass is 236 g/mol. The molecule has 0 fully saturated rings. The van der Waals surface area contributed by atoms with Crippen molar-refractivity contribution >= 4 is 11.6 Å². The van der Waals surface area contributed by atoms with Crippen molar-refractivity contribution in [1.82, 2.24) is 9.97 Å². The van der Waals surface area contributed by atoms with Crippen LogP contribution < -0.4 is 11.1 Å². The summed E-state index contributed by atoms with van der Waals surface area (Å²) in [6, 6.07) is 0. The molecule has 94 valence electrons. The number of hydrogen-bond donors (Lipinski definition) is 2. The Hall–Kier alpha value is -1.49. The van der Waals surface area contributed by atoms with Gasteiger partial charge in [-0.25, -0.2) is 9.97 Å². The highest BCUT2D eigenvalue weighted by molar-refractivity contribution is 5.97. The van der Waals surface area contributed by atoms with Crippen molar-refractivity contribution in [2.45, 2.75) is 45.6 Å². The van der Waals surface area contributed by atoms with Crippen molar-refractivity contribution in [2.75, 3.05) is 5.32 Å². The number of aromatic nitrogens is 2. The summed E-state index contributed by atoms with van der Waals surface area (Å²) in [6.07, 6.45) is 5.49. The maximum absolute atomic E-state index is 11.9. The Morgan fingerprint density at radius 2 is 2.00 bits per heavy atom. The fraction of sp³-hybridized carbons (Fsp3) is 0.583. The molecular formula is C12H20N4O. The summed E-state index contributed by atoms with van der Waals surface area (Å²) in [5, 5.41) is 2.73. The molecule has 1 atom stereocenters. The van der Waals surface area contributed by atoms with Gasteiger partial charge in [-0.15, -0.1) is 0 Å². The zero-order chi connectivity index (χ0) is 12.9. The predicted octanol–water partition coefficient (Wildman–Crippen LogP) is 1.49. The minimum atomic E-state index is -0.849. The first-order valence-corrected chi connectivity index (χ1v) is 5.91. The van der Waals surface area contributed by atoms with Gasteiger partial charge in [-0.1, -0.05) is 20.3 Å². The van der Waals surface area contributed by atoms with Gasteiger partial charge in [-0.05, 0) is 13.3 Å². The van der Waals surface area contributed by atoms with Crippen LogP contribution >= 0.6 is 0 Å². The van der Waals surface area contributed by atoms with E-state index in [-0.39, 0.29) is 5.91 Å². The van der Waals surface area contributed by atoms with Crippen LogP contribution in [0.5, 0.6) is 0 Å². The van der Waals surface area contributed by atoms with Crippen LogP contribution in [-0.4, -0.2) is 21.4 Å². The number of nitrogens with two attached hydrogens (primary N) is 1. The van der Waals surface area contributed by atoms with E-state index < -0.39 is 5.54 Å².